The second kappa shape index (κ2) is 10.9. The van der Waals surface area contributed by atoms with Crippen LogP contribution in [0.15, 0.2) is 72.9 Å². The maximum atomic E-state index is 12.1. The highest BCUT2D eigenvalue weighted by Gasteiger charge is 2.42. The first kappa shape index (κ1) is 28.1. The van der Waals surface area contributed by atoms with Crippen molar-refractivity contribution >= 4 is 44.7 Å². The molecule has 0 unspecified atom stereocenters. The molecule has 1 saturated heterocycles. The standard InChI is InChI=1S/C29H29N5O5S2/c1-17-15-21(18(2)33(17)24-11-6-5-9-20(24)28(35)36)27-26(23-10-7-8-14-30-23)31-29(40)34(27)19-12-13-22(25(16-19)39-3)32-41(4,37)38/h5-16,26-27,32H,1-4H3,(H,31,40)(H,35,36)/t26-,27-/m0/s1. The molecule has 5 rings (SSSR count). The molecule has 12 heteroatoms. The summed E-state index contributed by atoms with van der Waals surface area (Å²) in [4.78, 5) is 18.6. The predicted molar refractivity (Wildman–Crippen MR) is 162 cm³/mol. The number of rotatable bonds is 8. The number of nitrogens with zero attached hydrogens (tertiary/aromatic N) is 3. The van der Waals surface area contributed by atoms with E-state index in [0.29, 0.717) is 27.9 Å². The molecule has 0 saturated carbocycles. The number of ether oxygens (including phenoxy) is 1. The molecule has 0 radical (unpaired) electrons. The Balaban J connectivity index is 1.69. The highest BCUT2D eigenvalue weighted by molar-refractivity contribution is 7.92. The highest BCUT2D eigenvalue weighted by Crippen LogP contribution is 2.45. The molecule has 41 heavy (non-hydrogen) atoms. The molecule has 4 aromatic rings. The third-order valence-electron chi connectivity index (χ3n) is 7.02. The van der Waals surface area contributed by atoms with Gasteiger partial charge in [0.25, 0.3) is 0 Å². The van der Waals surface area contributed by atoms with Crippen LogP contribution >= 0.6 is 12.2 Å². The second-order valence-corrected chi connectivity index (χ2v) is 11.9. The number of anilines is 2. The van der Waals surface area contributed by atoms with Gasteiger partial charge in [-0.05, 0) is 74.1 Å². The lowest BCUT2D eigenvalue weighted by Gasteiger charge is -2.29. The van der Waals surface area contributed by atoms with Crippen LogP contribution in [0.2, 0.25) is 0 Å². The Morgan fingerprint density at radius 3 is 2.49 bits per heavy atom. The van der Waals surface area contributed by atoms with E-state index in [9.17, 15) is 18.3 Å². The summed E-state index contributed by atoms with van der Waals surface area (Å²) in [5.74, 6) is -0.683. The van der Waals surface area contributed by atoms with Crippen molar-refractivity contribution in [3.05, 3.63) is 101 Å². The molecule has 3 heterocycles. The Morgan fingerprint density at radius 2 is 1.83 bits per heavy atom. The summed E-state index contributed by atoms with van der Waals surface area (Å²) < 4.78 is 33.7. The Hall–Kier alpha value is -4.42. The topological polar surface area (TPSA) is 126 Å². The normalized spacial score (nSPS) is 16.9. The van der Waals surface area contributed by atoms with Crippen LogP contribution in [0.4, 0.5) is 11.4 Å². The van der Waals surface area contributed by atoms with Gasteiger partial charge in [0.2, 0.25) is 10.0 Å². The summed E-state index contributed by atoms with van der Waals surface area (Å²) >= 11 is 5.86. The predicted octanol–water partition coefficient (Wildman–Crippen LogP) is 4.74. The lowest BCUT2D eigenvalue weighted by molar-refractivity contribution is 0.0697. The van der Waals surface area contributed by atoms with Crippen LogP contribution < -0.4 is 19.7 Å². The fourth-order valence-electron chi connectivity index (χ4n) is 5.37. The van der Waals surface area contributed by atoms with Crippen LogP contribution in [0.3, 0.4) is 0 Å². The third kappa shape index (κ3) is 5.35. The van der Waals surface area contributed by atoms with Crippen LogP contribution in [0.5, 0.6) is 5.75 Å². The number of carbonyl (C=O) groups is 1. The smallest absolute Gasteiger partial charge is 0.337 e. The maximum Gasteiger partial charge on any atom is 0.337 e. The Kier molecular flexibility index (Phi) is 7.45. The van der Waals surface area contributed by atoms with Gasteiger partial charge in [0, 0.05) is 29.3 Å². The number of thiocarbonyl (C=S) groups is 1. The number of pyridine rings is 1. The zero-order chi connectivity index (χ0) is 29.5. The first-order valence-corrected chi connectivity index (χ1v) is 15.0. The molecule has 0 bridgehead atoms. The third-order valence-corrected chi connectivity index (χ3v) is 7.93. The molecule has 10 nitrogen and oxygen atoms in total. The van der Waals surface area contributed by atoms with E-state index < -0.39 is 16.0 Å². The van der Waals surface area contributed by atoms with Crippen molar-refractivity contribution < 1.29 is 23.1 Å². The number of nitrogens with one attached hydrogen (secondary N) is 2. The number of sulfonamides is 1. The van der Waals surface area contributed by atoms with Gasteiger partial charge in [0.05, 0.1) is 48.1 Å². The van der Waals surface area contributed by atoms with Crippen molar-refractivity contribution in [2.75, 3.05) is 23.0 Å². The first-order chi connectivity index (χ1) is 19.5. The molecule has 1 aliphatic rings. The maximum absolute atomic E-state index is 12.1. The molecule has 2 atom stereocenters. The van der Waals surface area contributed by atoms with Gasteiger partial charge in [-0.1, -0.05) is 18.2 Å². The van der Waals surface area contributed by atoms with Crippen LogP contribution in [0.1, 0.15) is 45.1 Å². The van der Waals surface area contributed by atoms with E-state index in [1.807, 2.05) is 53.6 Å². The van der Waals surface area contributed by atoms with E-state index in [0.717, 1.165) is 28.9 Å². The minimum Gasteiger partial charge on any atom is -0.494 e. The molecular weight excluding hydrogens is 562 g/mol. The summed E-state index contributed by atoms with van der Waals surface area (Å²) in [6, 6.07) is 19.0. The number of carboxylic acid groups (broad SMARTS) is 1. The van der Waals surface area contributed by atoms with E-state index in [1.165, 1.54) is 7.11 Å². The van der Waals surface area contributed by atoms with Crippen molar-refractivity contribution in [2.45, 2.75) is 25.9 Å². The summed E-state index contributed by atoms with van der Waals surface area (Å²) in [5, 5.41) is 13.7. The monoisotopic (exact) mass is 591 g/mol. The summed E-state index contributed by atoms with van der Waals surface area (Å²) in [7, 11) is -2.06. The number of hydrogen-bond acceptors (Lipinski definition) is 6. The molecule has 0 aliphatic carbocycles. The number of aryl methyl sites for hydroxylation is 1. The van der Waals surface area contributed by atoms with E-state index >= 15 is 0 Å². The minimum absolute atomic E-state index is 0.192. The number of benzene rings is 2. The van der Waals surface area contributed by atoms with Gasteiger partial charge in [-0.25, -0.2) is 13.2 Å². The van der Waals surface area contributed by atoms with Crippen LogP contribution in [0.25, 0.3) is 5.69 Å². The molecule has 2 aromatic carbocycles. The number of aromatic carboxylic acids is 1. The van der Waals surface area contributed by atoms with Gasteiger partial charge in [-0.15, -0.1) is 0 Å². The lowest BCUT2D eigenvalue weighted by Crippen LogP contribution is -2.29. The Labute approximate surface area is 243 Å². The van der Waals surface area contributed by atoms with Gasteiger partial charge < -0.3 is 24.6 Å². The number of para-hydroxylation sites is 1. The lowest BCUT2D eigenvalue weighted by atomic mass is 9.96. The number of aromatic nitrogens is 2. The molecule has 0 amide bonds. The molecule has 212 valence electrons. The van der Waals surface area contributed by atoms with Crippen molar-refractivity contribution in [1.82, 2.24) is 14.9 Å². The van der Waals surface area contributed by atoms with Gasteiger partial charge in [-0.3, -0.25) is 9.71 Å². The highest BCUT2D eigenvalue weighted by atomic mass is 32.2. The van der Waals surface area contributed by atoms with E-state index in [1.54, 1.807) is 42.6 Å². The van der Waals surface area contributed by atoms with Crippen LogP contribution in [-0.4, -0.2) is 47.5 Å². The van der Waals surface area contributed by atoms with E-state index in [4.69, 9.17) is 17.0 Å². The van der Waals surface area contributed by atoms with E-state index in [2.05, 4.69) is 15.0 Å². The van der Waals surface area contributed by atoms with Gasteiger partial charge in [0.15, 0.2) is 5.11 Å². The Morgan fingerprint density at radius 1 is 1.10 bits per heavy atom. The SMILES string of the molecule is COc1cc(N2C(=S)N[C@@H](c3ccccn3)[C@@H]2c2cc(C)n(-c3ccccc3C(=O)O)c2C)ccc1NS(C)(=O)=O. The minimum atomic E-state index is -3.53. The Bertz CT molecular complexity index is 1750. The molecule has 1 fully saturated rings. The van der Waals surface area contributed by atoms with Crippen molar-refractivity contribution in [1.29, 1.82) is 0 Å². The molecule has 3 N–H and O–H groups in total. The summed E-state index contributed by atoms with van der Waals surface area (Å²) in [6.45, 7) is 3.89. The van der Waals surface area contributed by atoms with Crippen molar-refractivity contribution in [2.24, 2.45) is 0 Å². The van der Waals surface area contributed by atoms with Crippen LogP contribution in [-0.2, 0) is 10.0 Å². The largest absolute Gasteiger partial charge is 0.494 e. The molecular formula is C29H29N5O5S2. The quantitative estimate of drug-likeness (QED) is 0.249. The first-order valence-electron chi connectivity index (χ1n) is 12.7. The molecule has 0 spiro atoms. The van der Waals surface area contributed by atoms with Crippen molar-refractivity contribution in [3.63, 3.8) is 0 Å². The summed E-state index contributed by atoms with van der Waals surface area (Å²) in [6.07, 6.45) is 2.80. The second-order valence-electron chi connectivity index (χ2n) is 9.74. The zero-order valence-corrected chi connectivity index (χ0v) is 24.5. The number of methoxy groups -OCH3 is 1. The van der Waals surface area contributed by atoms with E-state index in [-0.39, 0.29) is 17.6 Å². The number of carboxylic acids is 1. The average molecular weight is 592 g/mol. The fourth-order valence-corrected chi connectivity index (χ4v) is 6.28. The van der Waals surface area contributed by atoms with Crippen molar-refractivity contribution in [3.8, 4) is 11.4 Å². The fraction of sp³-hybridized carbons (Fsp3) is 0.207. The van der Waals surface area contributed by atoms with Gasteiger partial charge in [0.1, 0.15) is 5.75 Å². The average Bonchev–Trinajstić information content (AvgIpc) is 3.43. The van der Waals surface area contributed by atoms with Crippen LogP contribution in [0, 0.1) is 13.8 Å². The summed E-state index contributed by atoms with van der Waals surface area (Å²) in [5.41, 5.74) is 5.14. The zero-order valence-electron chi connectivity index (χ0n) is 22.8. The van der Waals surface area contributed by atoms with Gasteiger partial charge >= 0.3 is 5.97 Å². The molecule has 1 aliphatic heterocycles. The number of hydrogen-bond donors (Lipinski definition) is 3. The van der Waals surface area contributed by atoms with Gasteiger partial charge in [-0.2, -0.15) is 0 Å². The molecule has 2 aromatic heterocycles.